The average molecular weight is 489 g/mol. The highest BCUT2D eigenvalue weighted by Gasteiger charge is 2.06. The number of rotatable bonds is 9. The number of unbranched alkanes of at least 4 members (excludes halogenated alkanes) is 2. The zero-order valence-electron chi connectivity index (χ0n) is 17.3. The van der Waals surface area contributed by atoms with Gasteiger partial charge in [0.15, 0.2) is 5.96 Å². The fraction of sp³-hybridized carbons (Fsp3) is 0.600. The first-order valence-corrected chi connectivity index (χ1v) is 9.58. The van der Waals surface area contributed by atoms with Crippen LogP contribution in [-0.2, 0) is 6.54 Å². The number of aliphatic imine (C=N–C) groups is 1. The highest BCUT2D eigenvalue weighted by molar-refractivity contribution is 14.0. The summed E-state index contributed by atoms with van der Waals surface area (Å²) in [5.74, 6) is 0.813. The topological polar surface area (TPSA) is 77.6 Å². The number of anilines is 1. The minimum absolute atomic E-state index is 0. The molecule has 0 saturated heterocycles. The Morgan fingerprint density at radius 1 is 1.07 bits per heavy atom. The lowest BCUT2D eigenvalue weighted by molar-refractivity contribution is 0.250. The van der Waals surface area contributed by atoms with E-state index in [4.69, 9.17) is 0 Å². The lowest BCUT2D eigenvalue weighted by atomic mass is 10.1. The second-order valence-electron chi connectivity index (χ2n) is 6.92. The van der Waals surface area contributed by atoms with Gasteiger partial charge in [0.05, 0.1) is 0 Å². The molecule has 2 amide bonds. The smallest absolute Gasteiger partial charge is 0.319 e. The van der Waals surface area contributed by atoms with E-state index in [0.29, 0.717) is 12.6 Å². The molecule has 7 heteroatoms. The third-order valence-electron chi connectivity index (χ3n) is 3.94. The van der Waals surface area contributed by atoms with Crippen LogP contribution in [0.1, 0.15) is 58.9 Å². The number of nitrogens with one attached hydrogen (secondary N) is 4. The van der Waals surface area contributed by atoms with Crippen LogP contribution in [0.25, 0.3) is 0 Å². The first-order valence-electron chi connectivity index (χ1n) is 9.58. The number of benzene rings is 1. The summed E-state index contributed by atoms with van der Waals surface area (Å²) in [6, 6.07) is 8.13. The normalized spacial score (nSPS) is 12.1. The molecule has 0 aromatic heterocycles. The number of amides is 2. The number of hydrogen-bond acceptors (Lipinski definition) is 2. The Labute approximate surface area is 181 Å². The molecule has 1 aromatic carbocycles. The molecule has 27 heavy (non-hydrogen) atoms. The summed E-state index contributed by atoms with van der Waals surface area (Å²) in [7, 11) is 1.79. The van der Waals surface area contributed by atoms with Crippen molar-refractivity contribution in [3.63, 3.8) is 0 Å². The van der Waals surface area contributed by atoms with Crippen molar-refractivity contribution in [1.29, 1.82) is 0 Å². The second kappa shape index (κ2) is 14.5. The zero-order valence-corrected chi connectivity index (χ0v) is 19.6. The van der Waals surface area contributed by atoms with E-state index < -0.39 is 0 Å². The molecule has 1 unspecified atom stereocenters. The van der Waals surface area contributed by atoms with Gasteiger partial charge in [0, 0.05) is 31.4 Å². The number of nitrogens with zero attached hydrogens (tertiary/aromatic N) is 1. The molecule has 0 bridgehead atoms. The van der Waals surface area contributed by atoms with Gasteiger partial charge in [-0.1, -0.05) is 38.3 Å². The molecule has 1 rings (SSSR count). The quantitative estimate of drug-likeness (QED) is 0.179. The number of guanidine groups is 1. The molecule has 4 N–H and O–H groups in total. The minimum Gasteiger partial charge on any atom is -0.354 e. The van der Waals surface area contributed by atoms with Gasteiger partial charge in [-0.05, 0) is 44.9 Å². The number of carbonyl (C=O) groups excluding carboxylic acids is 1. The molecular weight excluding hydrogens is 453 g/mol. The van der Waals surface area contributed by atoms with Gasteiger partial charge in [-0.15, -0.1) is 24.0 Å². The molecule has 6 nitrogen and oxygen atoms in total. The number of halogens is 1. The van der Waals surface area contributed by atoms with Crippen molar-refractivity contribution < 1.29 is 4.79 Å². The lowest BCUT2D eigenvalue weighted by Crippen LogP contribution is -2.41. The number of carbonyl (C=O) groups is 1. The zero-order chi connectivity index (χ0) is 19.4. The van der Waals surface area contributed by atoms with Gasteiger partial charge in [-0.3, -0.25) is 4.99 Å². The Hall–Kier alpha value is -1.51. The van der Waals surface area contributed by atoms with E-state index >= 15 is 0 Å². The summed E-state index contributed by atoms with van der Waals surface area (Å²) in [5, 5.41) is 12.4. The molecule has 0 saturated carbocycles. The van der Waals surface area contributed by atoms with Crippen molar-refractivity contribution in [3.8, 4) is 0 Å². The average Bonchev–Trinajstić information content (AvgIpc) is 2.59. The van der Waals surface area contributed by atoms with Crippen molar-refractivity contribution in [2.75, 3.05) is 12.4 Å². The van der Waals surface area contributed by atoms with Gasteiger partial charge in [0.2, 0.25) is 0 Å². The van der Waals surface area contributed by atoms with Crippen molar-refractivity contribution in [2.24, 2.45) is 4.99 Å². The molecule has 0 fully saturated rings. The molecule has 0 radical (unpaired) electrons. The van der Waals surface area contributed by atoms with Gasteiger partial charge >= 0.3 is 6.03 Å². The van der Waals surface area contributed by atoms with E-state index in [1.165, 1.54) is 19.3 Å². The lowest BCUT2D eigenvalue weighted by Gasteiger charge is -2.18. The standard InChI is InChI=1S/C20H35N5O.HI/c1-6-7-8-9-16(4)24-19(21-5)22-14-17-10-12-18(13-11-17)25-20(26)23-15(2)3;/h10-13,15-16H,6-9,14H2,1-5H3,(H2,21,22,24)(H2,23,25,26);1H. The Bertz CT molecular complexity index is 560. The van der Waals surface area contributed by atoms with Crippen LogP contribution >= 0.6 is 24.0 Å². The van der Waals surface area contributed by atoms with Crippen LogP contribution in [0, 0.1) is 0 Å². The first-order chi connectivity index (χ1) is 12.4. The van der Waals surface area contributed by atoms with E-state index in [2.05, 4.69) is 40.1 Å². The van der Waals surface area contributed by atoms with Crippen LogP contribution in [-0.4, -0.2) is 31.1 Å². The maximum absolute atomic E-state index is 11.7. The van der Waals surface area contributed by atoms with Crippen LogP contribution in [0.3, 0.4) is 0 Å². The van der Waals surface area contributed by atoms with Crippen molar-refractivity contribution in [1.82, 2.24) is 16.0 Å². The summed E-state index contributed by atoms with van der Waals surface area (Å²) in [5.41, 5.74) is 1.90. The summed E-state index contributed by atoms with van der Waals surface area (Å²) in [6.45, 7) is 8.95. The molecule has 0 spiro atoms. The Kier molecular flexibility index (Phi) is 13.7. The Morgan fingerprint density at radius 2 is 1.74 bits per heavy atom. The highest BCUT2D eigenvalue weighted by atomic mass is 127. The van der Waals surface area contributed by atoms with Gasteiger partial charge < -0.3 is 21.3 Å². The molecule has 0 aliphatic carbocycles. The van der Waals surface area contributed by atoms with Crippen LogP contribution in [0.2, 0.25) is 0 Å². The second-order valence-corrected chi connectivity index (χ2v) is 6.92. The van der Waals surface area contributed by atoms with E-state index in [1.807, 2.05) is 38.1 Å². The van der Waals surface area contributed by atoms with Crippen molar-refractivity contribution in [3.05, 3.63) is 29.8 Å². The van der Waals surface area contributed by atoms with E-state index in [9.17, 15) is 4.79 Å². The molecule has 1 aromatic rings. The van der Waals surface area contributed by atoms with E-state index in [0.717, 1.165) is 23.6 Å². The fourth-order valence-corrected chi connectivity index (χ4v) is 2.52. The maximum atomic E-state index is 11.7. The van der Waals surface area contributed by atoms with Crippen molar-refractivity contribution in [2.45, 2.75) is 72.0 Å². The fourth-order valence-electron chi connectivity index (χ4n) is 2.52. The van der Waals surface area contributed by atoms with Crippen LogP contribution < -0.4 is 21.3 Å². The molecule has 1 atom stereocenters. The monoisotopic (exact) mass is 489 g/mol. The van der Waals surface area contributed by atoms with Crippen LogP contribution in [0.5, 0.6) is 0 Å². The largest absolute Gasteiger partial charge is 0.354 e. The van der Waals surface area contributed by atoms with Gasteiger partial charge in [-0.2, -0.15) is 0 Å². The van der Waals surface area contributed by atoms with Crippen LogP contribution in [0.15, 0.2) is 29.3 Å². The first kappa shape index (κ1) is 25.5. The molecule has 0 aliphatic rings. The SMILES string of the molecule is CCCCCC(C)NC(=NC)NCc1ccc(NC(=O)NC(C)C)cc1.I. The number of hydrogen-bond donors (Lipinski definition) is 4. The van der Waals surface area contributed by atoms with Gasteiger partial charge in [-0.25, -0.2) is 4.79 Å². The maximum Gasteiger partial charge on any atom is 0.319 e. The third kappa shape index (κ3) is 11.7. The summed E-state index contributed by atoms with van der Waals surface area (Å²) in [4.78, 5) is 16.0. The molecule has 154 valence electrons. The summed E-state index contributed by atoms with van der Waals surface area (Å²) >= 11 is 0. The van der Waals surface area contributed by atoms with Crippen molar-refractivity contribution >= 4 is 41.7 Å². The molecule has 0 heterocycles. The summed E-state index contributed by atoms with van der Waals surface area (Å²) in [6.07, 6.45) is 4.89. The molecule has 0 aliphatic heterocycles. The van der Waals surface area contributed by atoms with Gasteiger partial charge in [0.25, 0.3) is 0 Å². The Morgan fingerprint density at radius 3 is 2.30 bits per heavy atom. The predicted molar refractivity (Wildman–Crippen MR) is 126 cm³/mol. The predicted octanol–water partition coefficient (Wildman–Crippen LogP) is 4.47. The third-order valence-corrected chi connectivity index (χ3v) is 3.94. The van der Waals surface area contributed by atoms with Gasteiger partial charge in [0.1, 0.15) is 0 Å². The Balaban J connectivity index is 0.00000676. The van der Waals surface area contributed by atoms with E-state index in [-0.39, 0.29) is 36.0 Å². The molecular formula is C20H36IN5O. The summed E-state index contributed by atoms with van der Waals surface area (Å²) < 4.78 is 0. The van der Waals surface area contributed by atoms with Crippen LogP contribution in [0.4, 0.5) is 10.5 Å². The highest BCUT2D eigenvalue weighted by Crippen LogP contribution is 2.09. The minimum atomic E-state index is -0.187. The number of urea groups is 1. The van der Waals surface area contributed by atoms with E-state index in [1.54, 1.807) is 7.05 Å².